The van der Waals surface area contributed by atoms with Crippen molar-refractivity contribution >= 4 is 22.5 Å². The second kappa shape index (κ2) is 10.3. The van der Waals surface area contributed by atoms with Crippen molar-refractivity contribution in [2.75, 3.05) is 6.54 Å². The zero-order valence-electron chi connectivity index (χ0n) is 18.9. The Bertz CT molecular complexity index is 1300. The second-order valence-corrected chi connectivity index (χ2v) is 8.31. The number of nitrogens with zero attached hydrogens (tertiary/aromatic N) is 2. The van der Waals surface area contributed by atoms with Crippen LogP contribution in [0.25, 0.3) is 10.9 Å². The molecule has 0 aliphatic carbocycles. The number of nitro groups is 1. The summed E-state index contributed by atoms with van der Waals surface area (Å²) in [5.74, 6) is -0.871. The van der Waals surface area contributed by atoms with E-state index in [0.717, 1.165) is 28.6 Å². The highest BCUT2D eigenvalue weighted by molar-refractivity contribution is 5.88. The van der Waals surface area contributed by atoms with Gasteiger partial charge in [0.2, 0.25) is 5.91 Å². The molecule has 0 bridgehead atoms. The first-order valence-electron chi connectivity index (χ1n) is 11.3. The van der Waals surface area contributed by atoms with Gasteiger partial charge in [-0.2, -0.15) is 0 Å². The number of aromatic nitrogens is 1. The van der Waals surface area contributed by atoms with Crippen molar-refractivity contribution in [3.05, 3.63) is 112 Å². The molecule has 34 heavy (non-hydrogen) atoms. The SMILES string of the molecule is CCCNC(=O)C[C@@H](c1ccc(F)cc1)c1cn(Cc2ccccc2)c2ccc([N+](=O)[O-])cc12. The number of nitrogens with one attached hydrogen (secondary N) is 1. The largest absolute Gasteiger partial charge is 0.356 e. The summed E-state index contributed by atoms with van der Waals surface area (Å²) < 4.78 is 15.7. The van der Waals surface area contributed by atoms with Crippen molar-refractivity contribution < 1.29 is 14.1 Å². The van der Waals surface area contributed by atoms with E-state index in [1.807, 2.05) is 48.0 Å². The summed E-state index contributed by atoms with van der Waals surface area (Å²) in [6.45, 7) is 3.12. The predicted molar refractivity (Wildman–Crippen MR) is 130 cm³/mol. The van der Waals surface area contributed by atoms with E-state index in [1.54, 1.807) is 24.3 Å². The van der Waals surface area contributed by atoms with Crippen molar-refractivity contribution in [3.8, 4) is 0 Å². The van der Waals surface area contributed by atoms with Gasteiger partial charge >= 0.3 is 0 Å². The Labute approximate surface area is 197 Å². The predicted octanol–water partition coefficient (Wildman–Crippen LogP) is 5.79. The van der Waals surface area contributed by atoms with Gasteiger partial charge in [-0.15, -0.1) is 0 Å². The summed E-state index contributed by atoms with van der Waals surface area (Å²) in [6, 6.07) is 20.8. The second-order valence-electron chi connectivity index (χ2n) is 8.31. The number of fused-ring (bicyclic) bond motifs is 1. The van der Waals surface area contributed by atoms with Crippen molar-refractivity contribution in [3.63, 3.8) is 0 Å². The van der Waals surface area contributed by atoms with Gasteiger partial charge in [0.15, 0.2) is 0 Å². The highest BCUT2D eigenvalue weighted by Gasteiger charge is 2.24. The van der Waals surface area contributed by atoms with E-state index >= 15 is 0 Å². The van der Waals surface area contributed by atoms with Gasteiger partial charge in [-0.3, -0.25) is 14.9 Å². The average Bonchev–Trinajstić information content (AvgIpc) is 3.19. The number of amides is 1. The lowest BCUT2D eigenvalue weighted by Gasteiger charge is -2.17. The molecule has 0 unspecified atom stereocenters. The third kappa shape index (κ3) is 5.14. The summed E-state index contributed by atoms with van der Waals surface area (Å²) in [7, 11) is 0. The number of hydrogen-bond donors (Lipinski definition) is 1. The fourth-order valence-electron chi connectivity index (χ4n) is 4.24. The summed E-state index contributed by atoms with van der Waals surface area (Å²) in [6.07, 6.45) is 2.93. The molecule has 1 heterocycles. The molecule has 0 aliphatic heterocycles. The first kappa shape index (κ1) is 23.2. The average molecular weight is 460 g/mol. The molecule has 0 spiro atoms. The van der Waals surface area contributed by atoms with Crippen LogP contribution in [0.1, 0.15) is 42.4 Å². The molecule has 0 saturated carbocycles. The Morgan fingerprint density at radius 3 is 2.50 bits per heavy atom. The lowest BCUT2D eigenvalue weighted by Crippen LogP contribution is -2.26. The lowest BCUT2D eigenvalue weighted by atomic mass is 9.88. The van der Waals surface area contributed by atoms with Crippen LogP contribution in [0.4, 0.5) is 10.1 Å². The minimum atomic E-state index is -0.418. The maximum atomic E-state index is 13.7. The molecule has 0 aliphatic rings. The van der Waals surface area contributed by atoms with Crippen molar-refractivity contribution in [2.45, 2.75) is 32.2 Å². The summed E-state index contributed by atoms with van der Waals surface area (Å²) >= 11 is 0. The van der Waals surface area contributed by atoms with Gasteiger partial charge in [0, 0.05) is 54.7 Å². The molecule has 7 heteroatoms. The molecule has 0 fully saturated rings. The van der Waals surface area contributed by atoms with Gasteiger partial charge in [-0.05, 0) is 41.3 Å². The first-order valence-corrected chi connectivity index (χ1v) is 11.3. The van der Waals surface area contributed by atoms with E-state index in [-0.39, 0.29) is 29.8 Å². The Morgan fingerprint density at radius 2 is 1.82 bits per heavy atom. The van der Waals surface area contributed by atoms with Crippen LogP contribution in [0.5, 0.6) is 0 Å². The monoisotopic (exact) mass is 459 g/mol. The van der Waals surface area contributed by atoms with Crippen LogP contribution < -0.4 is 5.32 Å². The van der Waals surface area contributed by atoms with Crippen molar-refractivity contribution in [1.29, 1.82) is 0 Å². The fraction of sp³-hybridized carbons (Fsp3) is 0.222. The van der Waals surface area contributed by atoms with Crippen LogP contribution in [-0.4, -0.2) is 21.9 Å². The molecule has 4 aromatic rings. The Balaban J connectivity index is 1.85. The Morgan fingerprint density at radius 1 is 1.09 bits per heavy atom. The topological polar surface area (TPSA) is 77.2 Å². The van der Waals surface area contributed by atoms with Gasteiger partial charge in [0.05, 0.1) is 4.92 Å². The zero-order valence-corrected chi connectivity index (χ0v) is 18.9. The number of non-ortho nitro benzene ring substituents is 1. The molecule has 1 N–H and O–H groups in total. The number of nitro benzene ring substituents is 1. The van der Waals surface area contributed by atoms with Crippen LogP contribution in [-0.2, 0) is 11.3 Å². The standard InChI is InChI=1S/C27H26FN3O3/c1-2-14-29-27(32)16-23(20-8-10-21(28)11-9-20)25-18-30(17-19-6-4-3-5-7-19)26-13-12-22(31(33)34)15-24(25)26/h3-13,15,18,23H,2,14,16-17H2,1H3,(H,29,32)/t23-/m0/s1. The molecule has 1 aromatic heterocycles. The number of carbonyl (C=O) groups excluding carboxylic acids is 1. The fourth-order valence-corrected chi connectivity index (χ4v) is 4.24. The van der Waals surface area contributed by atoms with Crippen LogP contribution >= 0.6 is 0 Å². The van der Waals surface area contributed by atoms with Gasteiger partial charge < -0.3 is 9.88 Å². The van der Waals surface area contributed by atoms with Crippen LogP contribution in [0.2, 0.25) is 0 Å². The van der Waals surface area contributed by atoms with Crippen molar-refractivity contribution in [2.24, 2.45) is 0 Å². The Hall–Kier alpha value is -4.00. The number of carbonyl (C=O) groups is 1. The maximum absolute atomic E-state index is 13.7. The number of rotatable bonds is 9. The molecule has 3 aromatic carbocycles. The molecule has 1 amide bonds. The van der Waals surface area contributed by atoms with E-state index in [4.69, 9.17) is 0 Å². The molecular formula is C27H26FN3O3. The van der Waals surface area contributed by atoms with E-state index in [1.165, 1.54) is 18.2 Å². The van der Waals surface area contributed by atoms with Crippen LogP contribution in [0.15, 0.2) is 79.0 Å². The number of benzene rings is 3. The minimum absolute atomic E-state index is 0.0144. The van der Waals surface area contributed by atoms with E-state index in [2.05, 4.69) is 5.32 Å². The Kier molecular flexibility index (Phi) is 7.01. The highest BCUT2D eigenvalue weighted by Crippen LogP contribution is 2.36. The van der Waals surface area contributed by atoms with Crippen LogP contribution in [0.3, 0.4) is 0 Å². The quantitative estimate of drug-likeness (QED) is 0.254. The molecule has 4 rings (SSSR count). The van der Waals surface area contributed by atoms with Gasteiger partial charge in [-0.25, -0.2) is 4.39 Å². The zero-order chi connectivity index (χ0) is 24.1. The third-order valence-corrected chi connectivity index (χ3v) is 5.91. The number of hydrogen-bond acceptors (Lipinski definition) is 3. The summed E-state index contributed by atoms with van der Waals surface area (Å²) in [5, 5.41) is 15.1. The smallest absolute Gasteiger partial charge is 0.270 e. The molecule has 0 radical (unpaired) electrons. The van der Waals surface area contributed by atoms with Gasteiger partial charge in [-0.1, -0.05) is 49.4 Å². The molecule has 1 atom stereocenters. The summed E-state index contributed by atoms with van der Waals surface area (Å²) in [5.41, 5.74) is 3.49. The lowest BCUT2D eigenvalue weighted by molar-refractivity contribution is -0.384. The van der Waals surface area contributed by atoms with E-state index in [9.17, 15) is 19.3 Å². The summed E-state index contributed by atoms with van der Waals surface area (Å²) in [4.78, 5) is 23.8. The van der Waals surface area contributed by atoms with Crippen molar-refractivity contribution in [1.82, 2.24) is 9.88 Å². The molecule has 6 nitrogen and oxygen atoms in total. The van der Waals surface area contributed by atoms with E-state index in [0.29, 0.717) is 18.5 Å². The maximum Gasteiger partial charge on any atom is 0.270 e. The normalized spacial score (nSPS) is 11.9. The molecular weight excluding hydrogens is 433 g/mol. The first-order chi connectivity index (χ1) is 16.5. The van der Waals surface area contributed by atoms with E-state index < -0.39 is 4.92 Å². The third-order valence-electron chi connectivity index (χ3n) is 5.91. The molecule has 174 valence electrons. The van der Waals surface area contributed by atoms with Crippen LogP contribution in [0, 0.1) is 15.9 Å². The van der Waals surface area contributed by atoms with Gasteiger partial charge in [0.1, 0.15) is 5.82 Å². The minimum Gasteiger partial charge on any atom is -0.356 e. The highest BCUT2D eigenvalue weighted by atomic mass is 19.1. The van der Waals surface area contributed by atoms with Gasteiger partial charge in [0.25, 0.3) is 5.69 Å². The number of halogens is 1. The molecule has 0 saturated heterocycles.